The molecule has 0 aliphatic heterocycles. The average molecular weight is 290 g/mol. The van der Waals surface area contributed by atoms with Crippen molar-refractivity contribution >= 4 is 5.69 Å². The van der Waals surface area contributed by atoms with Gasteiger partial charge in [-0.15, -0.1) is 0 Å². The molecule has 0 amide bonds. The van der Waals surface area contributed by atoms with Crippen molar-refractivity contribution < 1.29 is 4.92 Å². The number of nitro benzene ring substituents is 1. The van der Waals surface area contributed by atoms with E-state index in [9.17, 15) is 10.1 Å². The van der Waals surface area contributed by atoms with Gasteiger partial charge in [0.15, 0.2) is 0 Å². The normalized spacial score (nSPS) is 22.7. The Balaban J connectivity index is 2.09. The zero-order valence-corrected chi connectivity index (χ0v) is 13.3. The van der Waals surface area contributed by atoms with Crippen LogP contribution >= 0.6 is 0 Å². The summed E-state index contributed by atoms with van der Waals surface area (Å²) in [5, 5.41) is 14.2. The van der Waals surface area contributed by atoms with Gasteiger partial charge in [0.25, 0.3) is 5.69 Å². The maximum absolute atomic E-state index is 10.7. The minimum absolute atomic E-state index is 0.165. The molecule has 4 nitrogen and oxygen atoms in total. The van der Waals surface area contributed by atoms with Gasteiger partial charge in [-0.3, -0.25) is 10.1 Å². The van der Waals surface area contributed by atoms with E-state index >= 15 is 0 Å². The third kappa shape index (κ3) is 3.82. The summed E-state index contributed by atoms with van der Waals surface area (Å²) in [4.78, 5) is 10.4. The van der Waals surface area contributed by atoms with Crippen LogP contribution < -0.4 is 5.32 Å². The summed E-state index contributed by atoms with van der Waals surface area (Å²) < 4.78 is 0. The second-order valence-corrected chi connectivity index (χ2v) is 6.86. The summed E-state index contributed by atoms with van der Waals surface area (Å²) in [7, 11) is 2.03. The lowest BCUT2D eigenvalue weighted by molar-refractivity contribution is -0.384. The Morgan fingerprint density at radius 3 is 2.52 bits per heavy atom. The molecular weight excluding hydrogens is 264 g/mol. The van der Waals surface area contributed by atoms with Crippen molar-refractivity contribution in [3.8, 4) is 0 Å². The first kappa shape index (κ1) is 16.0. The number of nitrogens with one attached hydrogen (secondary N) is 1. The van der Waals surface area contributed by atoms with E-state index in [4.69, 9.17) is 0 Å². The number of benzene rings is 1. The first-order valence-corrected chi connectivity index (χ1v) is 7.84. The Morgan fingerprint density at radius 2 is 2.00 bits per heavy atom. The van der Waals surface area contributed by atoms with E-state index in [1.165, 1.54) is 31.2 Å². The van der Waals surface area contributed by atoms with Gasteiger partial charge in [-0.05, 0) is 43.2 Å². The maximum Gasteiger partial charge on any atom is 0.269 e. The van der Waals surface area contributed by atoms with E-state index < -0.39 is 0 Å². The quantitative estimate of drug-likeness (QED) is 0.660. The highest BCUT2D eigenvalue weighted by Gasteiger charge is 2.36. The molecule has 2 atom stereocenters. The van der Waals surface area contributed by atoms with Gasteiger partial charge in [0.2, 0.25) is 0 Å². The standard InChI is InChI=1S/C17H26N2O2/c1-17(2)11-5-4-6-15(17)16(18-3)12-13-7-9-14(10-8-13)19(20)21/h7-10,15-16,18H,4-6,11-12H2,1-3H3. The summed E-state index contributed by atoms with van der Waals surface area (Å²) in [6.07, 6.45) is 6.13. The van der Waals surface area contributed by atoms with E-state index in [2.05, 4.69) is 19.2 Å². The summed E-state index contributed by atoms with van der Waals surface area (Å²) in [5.74, 6) is 0.659. The number of nitro groups is 1. The topological polar surface area (TPSA) is 55.2 Å². The van der Waals surface area contributed by atoms with Crippen LogP contribution in [0.3, 0.4) is 0 Å². The molecule has 1 aliphatic rings. The maximum atomic E-state index is 10.7. The Morgan fingerprint density at radius 1 is 1.33 bits per heavy atom. The fourth-order valence-corrected chi connectivity index (χ4v) is 3.72. The molecule has 21 heavy (non-hydrogen) atoms. The van der Waals surface area contributed by atoms with Crippen LogP contribution in [0.5, 0.6) is 0 Å². The van der Waals surface area contributed by atoms with E-state index in [-0.39, 0.29) is 10.6 Å². The van der Waals surface area contributed by atoms with Crippen LogP contribution in [-0.2, 0) is 6.42 Å². The van der Waals surface area contributed by atoms with Crippen molar-refractivity contribution in [2.45, 2.75) is 52.0 Å². The van der Waals surface area contributed by atoms with Gasteiger partial charge >= 0.3 is 0 Å². The second-order valence-electron chi connectivity index (χ2n) is 6.86. The zero-order valence-electron chi connectivity index (χ0n) is 13.3. The monoisotopic (exact) mass is 290 g/mol. The molecule has 0 bridgehead atoms. The molecule has 2 rings (SSSR count). The molecule has 1 aromatic rings. The van der Waals surface area contributed by atoms with Crippen LogP contribution in [0.15, 0.2) is 24.3 Å². The van der Waals surface area contributed by atoms with E-state index in [1.54, 1.807) is 12.1 Å². The smallest absolute Gasteiger partial charge is 0.269 e. The summed E-state index contributed by atoms with van der Waals surface area (Å²) in [6.45, 7) is 4.74. The van der Waals surface area contributed by atoms with Crippen LogP contribution in [0.25, 0.3) is 0 Å². The minimum Gasteiger partial charge on any atom is -0.316 e. The summed E-state index contributed by atoms with van der Waals surface area (Å²) in [5.41, 5.74) is 1.70. The minimum atomic E-state index is -0.344. The summed E-state index contributed by atoms with van der Waals surface area (Å²) in [6, 6.07) is 7.42. The molecule has 1 saturated carbocycles. The first-order chi connectivity index (χ1) is 9.94. The van der Waals surface area contributed by atoms with Gasteiger partial charge in [-0.1, -0.05) is 38.8 Å². The molecule has 1 N–H and O–H groups in total. The SMILES string of the molecule is CNC(Cc1ccc([N+](=O)[O-])cc1)C1CCCCC1(C)C. The molecule has 1 aliphatic carbocycles. The van der Waals surface area contributed by atoms with Crippen molar-refractivity contribution in [2.24, 2.45) is 11.3 Å². The van der Waals surface area contributed by atoms with Crippen molar-refractivity contribution in [1.82, 2.24) is 5.32 Å². The highest BCUT2D eigenvalue weighted by Crippen LogP contribution is 2.42. The molecule has 0 saturated heterocycles. The number of non-ortho nitro benzene ring substituents is 1. The predicted octanol–water partition coefficient (Wildman–Crippen LogP) is 3.94. The highest BCUT2D eigenvalue weighted by atomic mass is 16.6. The average Bonchev–Trinajstić information content (AvgIpc) is 2.45. The third-order valence-electron chi connectivity index (χ3n) is 5.05. The molecule has 0 heterocycles. The Kier molecular flexibility index (Phi) is 4.99. The fraction of sp³-hybridized carbons (Fsp3) is 0.647. The Labute approximate surface area is 127 Å². The van der Waals surface area contributed by atoms with E-state index in [0.717, 1.165) is 6.42 Å². The molecule has 2 unspecified atom stereocenters. The molecule has 1 fully saturated rings. The molecule has 1 aromatic carbocycles. The van der Waals surface area contributed by atoms with Gasteiger partial charge in [-0.2, -0.15) is 0 Å². The largest absolute Gasteiger partial charge is 0.316 e. The van der Waals surface area contributed by atoms with Gasteiger partial charge in [0, 0.05) is 18.2 Å². The number of hydrogen-bond donors (Lipinski definition) is 1. The molecule has 0 aromatic heterocycles. The lowest BCUT2D eigenvalue weighted by atomic mass is 9.65. The lowest BCUT2D eigenvalue weighted by Gasteiger charge is -2.43. The van der Waals surface area contributed by atoms with Crippen molar-refractivity contribution in [3.63, 3.8) is 0 Å². The number of likely N-dealkylation sites (N-methyl/N-ethyl adjacent to an activating group) is 1. The third-order valence-corrected chi connectivity index (χ3v) is 5.05. The van der Waals surface area contributed by atoms with Gasteiger partial charge in [0.1, 0.15) is 0 Å². The molecular formula is C17H26N2O2. The highest BCUT2D eigenvalue weighted by molar-refractivity contribution is 5.33. The molecule has 4 heteroatoms. The van der Waals surface area contributed by atoms with Crippen molar-refractivity contribution in [3.05, 3.63) is 39.9 Å². The van der Waals surface area contributed by atoms with Crippen LogP contribution in [0.1, 0.15) is 45.1 Å². The number of nitrogens with zero attached hydrogens (tertiary/aromatic N) is 1. The molecule has 0 spiro atoms. The number of hydrogen-bond acceptors (Lipinski definition) is 3. The first-order valence-electron chi connectivity index (χ1n) is 7.84. The second kappa shape index (κ2) is 6.56. The molecule has 116 valence electrons. The Bertz CT molecular complexity index is 482. The van der Waals surface area contributed by atoms with Gasteiger partial charge in [-0.25, -0.2) is 0 Å². The van der Waals surface area contributed by atoms with Gasteiger partial charge in [0.05, 0.1) is 4.92 Å². The van der Waals surface area contributed by atoms with Crippen LogP contribution in [0.2, 0.25) is 0 Å². The van der Waals surface area contributed by atoms with E-state index in [0.29, 0.717) is 17.4 Å². The predicted molar refractivity (Wildman–Crippen MR) is 85.4 cm³/mol. The van der Waals surface area contributed by atoms with E-state index in [1.807, 2.05) is 19.2 Å². The van der Waals surface area contributed by atoms with Crippen LogP contribution in [-0.4, -0.2) is 18.0 Å². The van der Waals surface area contributed by atoms with Gasteiger partial charge < -0.3 is 5.32 Å². The van der Waals surface area contributed by atoms with Crippen molar-refractivity contribution in [2.75, 3.05) is 7.05 Å². The zero-order chi connectivity index (χ0) is 15.5. The fourth-order valence-electron chi connectivity index (χ4n) is 3.72. The van der Waals surface area contributed by atoms with Crippen LogP contribution in [0.4, 0.5) is 5.69 Å². The lowest BCUT2D eigenvalue weighted by Crippen LogP contribution is -2.44. The number of rotatable bonds is 5. The Hall–Kier alpha value is -1.42. The van der Waals surface area contributed by atoms with Crippen LogP contribution in [0, 0.1) is 21.4 Å². The molecule has 0 radical (unpaired) electrons. The summed E-state index contributed by atoms with van der Waals surface area (Å²) >= 11 is 0. The van der Waals surface area contributed by atoms with Crippen molar-refractivity contribution in [1.29, 1.82) is 0 Å².